The number of hydrogen-bond donors (Lipinski definition) is 1. The number of phenols is 1. The van der Waals surface area contributed by atoms with Crippen molar-refractivity contribution in [2.75, 3.05) is 14.2 Å². The van der Waals surface area contributed by atoms with E-state index in [4.69, 9.17) is 9.47 Å². The van der Waals surface area contributed by atoms with Gasteiger partial charge in [0.2, 0.25) is 0 Å². The number of aromatic hydroxyl groups is 1. The molecular formula is C15H16O3. The summed E-state index contributed by atoms with van der Waals surface area (Å²) in [5.41, 5.74) is 3.05. The van der Waals surface area contributed by atoms with Crippen molar-refractivity contribution in [3.05, 3.63) is 42.0 Å². The summed E-state index contributed by atoms with van der Waals surface area (Å²) >= 11 is 0. The molecule has 0 atom stereocenters. The van der Waals surface area contributed by atoms with Crippen LogP contribution in [0.3, 0.4) is 0 Å². The van der Waals surface area contributed by atoms with Crippen LogP contribution in [0.1, 0.15) is 5.56 Å². The van der Waals surface area contributed by atoms with Crippen LogP contribution in [0.15, 0.2) is 36.4 Å². The number of ether oxygens (including phenoxy) is 2. The highest BCUT2D eigenvalue weighted by Gasteiger charge is 2.07. The summed E-state index contributed by atoms with van der Waals surface area (Å²) in [4.78, 5) is 0. The molecule has 0 radical (unpaired) electrons. The zero-order valence-electron chi connectivity index (χ0n) is 10.7. The summed E-state index contributed by atoms with van der Waals surface area (Å²) in [6.45, 7) is 1.96. The van der Waals surface area contributed by atoms with Gasteiger partial charge in [-0.3, -0.25) is 0 Å². The summed E-state index contributed by atoms with van der Waals surface area (Å²) in [7, 11) is 3.25. The number of rotatable bonds is 3. The molecule has 0 spiro atoms. The molecule has 1 N–H and O–H groups in total. The summed E-state index contributed by atoms with van der Waals surface area (Å²) in [5.74, 6) is 1.76. The van der Waals surface area contributed by atoms with E-state index in [9.17, 15) is 5.11 Å². The molecule has 2 aromatic carbocycles. The van der Waals surface area contributed by atoms with Gasteiger partial charge in [-0.2, -0.15) is 0 Å². The Morgan fingerprint density at radius 2 is 1.50 bits per heavy atom. The molecule has 0 saturated heterocycles. The molecule has 2 rings (SSSR count). The van der Waals surface area contributed by atoms with E-state index in [2.05, 4.69) is 0 Å². The lowest BCUT2D eigenvalue weighted by Gasteiger charge is -2.11. The van der Waals surface area contributed by atoms with Crippen molar-refractivity contribution in [2.24, 2.45) is 0 Å². The summed E-state index contributed by atoms with van der Waals surface area (Å²) in [5, 5.41) is 9.44. The van der Waals surface area contributed by atoms with Gasteiger partial charge in [-0.1, -0.05) is 6.07 Å². The summed E-state index contributed by atoms with van der Waals surface area (Å²) < 4.78 is 10.5. The third-order valence-corrected chi connectivity index (χ3v) is 2.87. The van der Waals surface area contributed by atoms with Crippen LogP contribution in [-0.4, -0.2) is 19.3 Å². The monoisotopic (exact) mass is 244 g/mol. The second-order valence-corrected chi connectivity index (χ2v) is 4.10. The van der Waals surface area contributed by atoms with Gasteiger partial charge in [-0.15, -0.1) is 0 Å². The smallest absolute Gasteiger partial charge is 0.123 e. The highest BCUT2D eigenvalue weighted by atomic mass is 16.5. The Labute approximate surface area is 107 Å². The molecule has 0 heterocycles. The second-order valence-electron chi connectivity index (χ2n) is 4.10. The van der Waals surface area contributed by atoms with Crippen LogP contribution in [0, 0.1) is 6.92 Å². The van der Waals surface area contributed by atoms with E-state index in [1.165, 1.54) is 0 Å². The third kappa shape index (κ3) is 2.40. The predicted molar refractivity (Wildman–Crippen MR) is 71.4 cm³/mol. The summed E-state index contributed by atoms with van der Waals surface area (Å²) in [6, 6.07) is 11.0. The van der Waals surface area contributed by atoms with Gasteiger partial charge in [0, 0.05) is 6.07 Å². The minimum absolute atomic E-state index is 0.270. The van der Waals surface area contributed by atoms with Crippen LogP contribution < -0.4 is 9.47 Å². The van der Waals surface area contributed by atoms with Crippen LogP contribution in [0.2, 0.25) is 0 Å². The molecule has 3 heteroatoms. The predicted octanol–water partition coefficient (Wildman–Crippen LogP) is 3.38. The Balaban J connectivity index is 2.55. The maximum absolute atomic E-state index is 9.44. The number of phenolic OH excluding ortho intramolecular Hbond substituents is 1. The molecule has 0 aliphatic rings. The molecule has 0 aromatic heterocycles. The van der Waals surface area contributed by atoms with Crippen LogP contribution in [0.5, 0.6) is 17.2 Å². The van der Waals surface area contributed by atoms with Crippen molar-refractivity contribution in [3.8, 4) is 28.4 Å². The molecule has 0 fully saturated rings. The van der Waals surface area contributed by atoms with Crippen LogP contribution in [-0.2, 0) is 0 Å². The lowest BCUT2D eigenvalue weighted by molar-refractivity contribution is 0.394. The SMILES string of the molecule is COc1cc(OC)cc(-c2ccc(O)cc2C)c1. The highest BCUT2D eigenvalue weighted by Crippen LogP contribution is 2.32. The lowest BCUT2D eigenvalue weighted by atomic mass is 10.00. The Bertz CT molecular complexity index is 539. The van der Waals surface area contributed by atoms with Crippen molar-refractivity contribution in [3.63, 3.8) is 0 Å². The van der Waals surface area contributed by atoms with E-state index in [1.54, 1.807) is 26.4 Å². The van der Waals surface area contributed by atoms with Gasteiger partial charge in [-0.05, 0) is 47.9 Å². The minimum Gasteiger partial charge on any atom is -0.508 e. The van der Waals surface area contributed by atoms with Gasteiger partial charge in [0.1, 0.15) is 17.2 Å². The van der Waals surface area contributed by atoms with E-state index >= 15 is 0 Å². The second kappa shape index (κ2) is 5.00. The zero-order chi connectivity index (χ0) is 13.1. The minimum atomic E-state index is 0.270. The highest BCUT2D eigenvalue weighted by molar-refractivity contribution is 5.71. The van der Waals surface area contributed by atoms with Gasteiger partial charge < -0.3 is 14.6 Å². The number of hydrogen-bond acceptors (Lipinski definition) is 3. The maximum atomic E-state index is 9.44. The molecule has 0 amide bonds. The normalized spacial score (nSPS) is 10.2. The fourth-order valence-corrected chi connectivity index (χ4v) is 1.93. The van der Waals surface area contributed by atoms with E-state index in [0.29, 0.717) is 0 Å². The first-order valence-electron chi connectivity index (χ1n) is 5.67. The molecule has 0 aliphatic carbocycles. The number of methoxy groups -OCH3 is 2. The molecule has 2 aromatic rings. The molecule has 94 valence electrons. The van der Waals surface area contributed by atoms with Crippen molar-refractivity contribution in [2.45, 2.75) is 6.92 Å². The van der Waals surface area contributed by atoms with Gasteiger partial charge >= 0.3 is 0 Å². The largest absolute Gasteiger partial charge is 0.508 e. The molecule has 3 nitrogen and oxygen atoms in total. The molecule has 0 unspecified atom stereocenters. The molecule has 0 aliphatic heterocycles. The first-order valence-corrected chi connectivity index (χ1v) is 5.67. The maximum Gasteiger partial charge on any atom is 0.123 e. The standard InChI is InChI=1S/C15H16O3/c1-10-6-12(16)4-5-15(10)11-7-13(17-2)9-14(8-11)18-3/h4-9,16H,1-3H3. The van der Waals surface area contributed by atoms with Crippen molar-refractivity contribution < 1.29 is 14.6 Å². The zero-order valence-corrected chi connectivity index (χ0v) is 10.7. The first kappa shape index (κ1) is 12.3. The van der Waals surface area contributed by atoms with E-state index in [-0.39, 0.29) is 5.75 Å². The fourth-order valence-electron chi connectivity index (χ4n) is 1.93. The van der Waals surface area contributed by atoms with Gasteiger partial charge in [0.15, 0.2) is 0 Å². The summed E-state index contributed by atoms with van der Waals surface area (Å²) in [6.07, 6.45) is 0. The molecule has 0 bridgehead atoms. The Morgan fingerprint density at radius 1 is 0.889 bits per heavy atom. The number of benzene rings is 2. The fraction of sp³-hybridized carbons (Fsp3) is 0.200. The van der Waals surface area contributed by atoms with Gasteiger partial charge in [0.25, 0.3) is 0 Å². The van der Waals surface area contributed by atoms with Crippen LogP contribution >= 0.6 is 0 Å². The van der Waals surface area contributed by atoms with Crippen LogP contribution in [0.4, 0.5) is 0 Å². The van der Waals surface area contributed by atoms with E-state index in [0.717, 1.165) is 28.2 Å². The molecule has 0 saturated carbocycles. The van der Waals surface area contributed by atoms with Gasteiger partial charge in [0.05, 0.1) is 14.2 Å². The van der Waals surface area contributed by atoms with E-state index < -0.39 is 0 Å². The lowest BCUT2D eigenvalue weighted by Crippen LogP contribution is -1.90. The van der Waals surface area contributed by atoms with Crippen molar-refractivity contribution >= 4 is 0 Å². The van der Waals surface area contributed by atoms with Crippen molar-refractivity contribution in [1.82, 2.24) is 0 Å². The Hall–Kier alpha value is -2.16. The molecule has 18 heavy (non-hydrogen) atoms. The average Bonchev–Trinajstić information content (AvgIpc) is 2.38. The topological polar surface area (TPSA) is 38.7 Å². The van der Waals surface area contributed by atoms with E-state index in [1.807, 2.05) is 31.2 Å². The van der Waals surface area contributed by atoms with Crippen LogP contribution in [0.25, 0.3) is 11.1 Å². The average molecular weight is 244 g/mol. The van der Waals surface area contributed by atoms with Gasteiger partial charge in [-0.25, -0.2) is 0 Å². The number of aryl methyl sites for hydroxylation is 1. The molecular weight excluding hydrogens is 228 g/mol. The Morgan fingerprint density at radius 3 is 2.00 bits per heavy atom. The van der Waals surface area contributed by atoms with Crippen molar-refractivity contribution in [1.29, 1.82) is 0 Å². The third-order valence-electron chi connectivity index (χ3n) is 2.87. The quantitative estimate of drug-likeness (QED) is 0.899. The first-order chi connectivity index (χ1) is 8.63. The Kier molecular flexibility index (Phi) is 3.42.